The lowest BCUT2D eigenvalue weighted by atomic mass is 10.1. The van der Waals surface area contributed by atoms with Gasteiger partial charge in [0.2, 0.25) is 0 Å². The largest absolute Gasteiger partial charge is 0.495 e. The Morgan fingerprint density at radius 2 is 1.65 bits per heavy atom. The number of rotatable bonds is 6. The maximum Gasteiger partial charge on any atom is 0.298 e. The third kappa shape index (κ3) is 4.64. The van der Waals surface area contributed by atoms with Crippen LogP contribution in [0, 0.1) is 6.92 Å². The zero-order chi connectivity index (χ0) is 21.8. The van der Waals surface area contributed by atoms with E-state index in [1.165, 1.54) is 12.7 Å². The normalized spacial score (nSPS) is 14.9. The molecule has 0 saturated carbocycles. The van der Waals surface area contributed by atoms with Crippen LogP contribution in [0.4, 0.5) is 10.5 Å². The number of nitrogens with zero attached hydrogens (tertiary/aromatic N) is 1. The molecule has 1 heterocycles. The highest BCUT2D eigenvalue weighted by Gasteiger charge is 2.37. The quantitative estimate of drug-likeness (QED) is 0.460. The number of ether oxygens (including phenoxy) is 2. The second-order valence-corrected chi connectivity index (χ2v) is 8.03. The van der Waals surface area contributed by atoms with Crippen LogP contribution in [0.2, 0.25) is 0 Å². The molecule has 1 saturated heterocycles. The number of carbonyl (C=O) groups is 2. The summed E-state index contributed by atoms with van der Waals surface area (Å²) in [7, 11) is 1.51. The molecule has 31 heavy (non-hydrogen) atoms. The Hall–Kier alpha value is -3.51. The highest BCUT2D eigenvalue weighted by atomic mass is 32.2. The van der Waals surface area contributed by atoms with Crippen molar-refractivity contribution >= 4 is 34.7 Å². The molecule has 0 aromatic heterocycles. The molecule has 0 aliphatic carbocycles. The first-order chi connectivity index (χ1) is 15.0. The Morgan fingerprint density at radius 3 is 2.35 bits per heavy atom. The highest BCUT2D eigenvalue weighted by molar-refractivity contribution is 8.19. The van der Waals surface area contributed by atoms with Crippen LogP contribution in [-0.4, -0.2) is 18.3 Å². The summed E-state index contributed by atoms with van der Waals surface area (Å²) < 4.78 is 11.1. The lowest BCUT2D eigenvalue weighted by molar-refractivity contribution is -0.113. The average molecular weight is 432 g/mol. The third-order valence-corrected chi connectivity index (χ3v) is 5.69. The molecular formula is C25H21NO4S. The van der Waals surface area contributed by atoms with Crippen LogP contribution in [0.15, 0.2) is 77.7 Å². The molecule has 0 spiro atoms. The second kappa shape index (κ2) is 9.10. The fraction of sp³-hybridized carbons (Fsp3) is 0.120. The van der Waals surface area contributed by atoms with Gasteiger partial charge in [0, 0.05) is 0 Å². The fourth-order valence-corrected chi connectivity index (χ4v) is 3.99. The molecule has 0 atom stereocenters. The predicted octanol–water partition coefficient (Wildman–Crippen LogP) is 5.82. The van der Waals surface area contributed by atoms with E-state index in [1.54, 1.807) is 30.3 Å². The van der Waals surface area contributed by atoms with Gasteiger partial charge in [-0.15, -0.1) is 0 Å². The van der Waals surface area contributed by atoms with Crippen LogP contribution in [-0.2, 0) is 11.4 Å². The van der Waals surface area contributed by atoms with Gasteiger partial charge < -0.3 is 9.47 Å². The molecule has 1 aliphatic heterocycles. The van der Waals surface area contributed by atoms with E-state index in [0.717, 1.165) is 33.5 Å². The van der Waals surface area contributed by atoms with Crippen molar-refractivity contribution in [2.45, 2.75) is 13.5 Å². The van der Waals surface area contributed by atoms with Crippen molar-refractivity contribution < 1.29 is 19.1 Å². The topological polar surface area (TPSA) is 55.8 Å². The molecular weight excluding hydrogens is 410 g/mol. The summed E-state index contributed by atoms with van der Waals surface area (Å²) in [4.78, 5) is 26.9. The minimum absolute atomic E-state index is 0.348. The molecule has 3 aromatic rings. The smallest absolute Gasteiger partial charge is 0.298 e. The Labute approximate surface area is 185 Å². The number of anilines is 1. The number of aryl methyl sites for hydroxylation is 1. The van der Waals surface area contributed by atoms with Crippen molar-refractivity contribution in [3.63, 3.8) is 0 Å². The lowest BCUT2D eigenvalue weighted by Crippen LogP contribution is -2.28. The van der Waals surface area contributed by atoms with Gasteiger partial charge in [-0.3, -0.25) is 9.59 Å². The molecule has 5 nitrogen and oxygen atoms in total. The number of amides is 2. The predicted molar refractivity (Wildman–Crippen MR) is 123 cm³/mol. The molecule has 1 fully saturated rings. The van der Waals surface area contributed by atoms with E-state index in [2.05, 4.69) is 12.1 Å². The number of carbonyl (C=O) groups excluding carboxylic acids is 2. The van der Waals surface area contributed by atoms with Crippen LogP contribution in [0.3, 0.4) is 0 Å². The first-order valence-corrected chi connectivity index (χ1v) is 10.6. The molecule has 0 unspecified atom stereocenters. The Bertz CT molecular complexity index is 1140. The molecule has 0 radical (unpaired) electrons. The molecule has 156 valence electrons. The molecule has 2 amide bonds. The van der Waals surface area contributed by atoms with Crippen LogP contribution >= 0.6 is 11.8 Å². The summed E-state index contributed by atoms with van der Waals surface area (Å²) in [6.45, 7) is 2.53. The first kappa shape index (κ1) is 20.8. The van der Waals surface area contributed by atoms with Crippen LogP contribution in [0.25, 0.3) is 6.08 Å². The number of hydrogen-bond acceptors (Lipinski definition) is 5. The van der Waals surface area contributed by atoms with Crippen molar-refractivity contribution in [1.29, 1.82) is 0 Å². The van der Waals surface area contributed by atoms with Gasteiger partial charge in [-0.1, -0.05) is 54.1 Å². The maximum atomic E-state index is 12.9. The van der Waals surface area contributed by atoms with Gasteiger partial charge >= 0.3 is 0 Å². The van der Waals surface area contributed by atoms with Crippen molar-refractivity contribution in [1.82, 2.24) is 0 Å². The van der Waals surface area contributed by atoms with Gasteiger partial charge in [-0.05, 0) is 60.2 Å². The third-order valence-electron chi connectivity index (χ3n) is 4.82. The van der Waals surface area contributed by atoms with Crippen molar-refractivity contribution in [3.05, 3.63) is 94.4 Å². The number of thioether (sulfide) groups is 1. The van der Waals surface area contributed by atoms with Crippen molar-refractivity contribution in [3.8, 4) is 11.5 Å². The minimum atomic E-state index is -0.362. The minimum Gasteiger partial charge on any atom is -0.495 e. The van der Waals surface area contributed by atoms with Gasteiger partial charge in [0.05, 0.1) is 17.7 Å². The van der Waals surface area contributed by atoms with Gasteiger partial charge in [0.15, 0.2) is 0 Å². The van der Waals surface area contributed by atoms with E-state index < -0.39 is 0 Å². The summed E-state index contributed by atoms with van der Waals surface area (Å²) in [6, 6.07) is 22.6. The summed E-state index contributed by atoms with van der Waals surface area (Å²) in [5.41, 5.74) is 3.56. The number of methoxy groups -OCH3 is 1. The van der Waals surface area contributed by atoms with Gasteiger partial charge in [-0.2, -0.15) is 0 Å². The zero-order valence-corrected chi connectivity index (χ0v) is 18.0. The van der Waals surface area contributed by atoms with E-state index in [0.29, 0.717) is 22.9 Å². The maximum absolute atomic E-state index is 12.9. The van der Waals surface area contributed by atoms with E-state index in [4.69, 9.17) is 9.47 Å². The van der Waals surface area contributed by atoms with E-state index >= 15 is 0 Å². The number of para-hydroxylation sites is 2. The Kier molecular flexibility index (Phi) is 6.09. The number of imide groups is 1. The first-order valence-electron chi connectivity index (χ1n) is 9.74. The molecule has 3 aromatic carbocycles. The van der Waals surface area contributed by atoms with Gasteiger partial charge in [-0.25, -0.2) is 4.90 Å². The van der Waals surface area contributed by atoms with Crippen molar-refractivity contribution in [2.24, 2.45) is 0 Å². The SMILES string of the molecule is COc1ccccc1N1C(=O)S/C(=C\c2ccc(OCc3ccc(C)cc3)cc2)C1=O. The zero-order valence-electron chi connectivity index (χ0n) is 17.2. The van der Waals surface area contributed by atoms with E-state index in [-0.39, 0.29) is 11.1 Å². The van der Waals surface area contributed by atoms with E-state index in [1.807, 2.05) is 43.3 Å². The average Bonchev–Trinajstić information content (AvgIpc) is 3.07. The summed E-state index contributed by atoms with van der Waals surface area (Å²) in [5, 5.41) is -0.348. The van der Waals surface area contributed by atoms with Crippen molar-refractivity contribution in [2.75, 3.05) is 12.0 Å². The fourth-order valence-electron chi connectivity index (χ4n) is 3.15. The lowest BCUT2D eigenvalue weighted by Gasteiger charge is -2.15. The van der Waals surface area contributed by atoms with Crippen LogP contribution in [0.1, 0.15) is 16.7 Å². The van der Waals surface area contributed by atoms with Crippen LogP contribution < -0.4 is 14.4 Å². The molecule has 0 bridgehead atoms. The molecule has 1 aliphatic rings. The Morgan fingerprint density at radius 1 is 0.935 bits per heavy atom. The molecule has 0 N–H and O–H groups in total. The number of benzene rings is 3. The molecule has 6 heteroatoms. The summed E-state index contributed by atoms with van der Waals surface area (Å²) >= 11 is 0.915. The summed E-state index contributed by atoms with van der Waals surface area (Å²) in [6.07, 6.45) is 1.71. The highest BCUT2D eigenvalue weighted by Crippen LogP contribution is 2.39. The standard InChI is InChI=1S/C25H21NO4S/c1-17-7-9-19(10-8-17)16-30-20-13-11-18(12-14-20)15-23-24(27)26(25(28)31-23)21-5-3-4-6-22(21)29-2/h3-15H,16H2,1-2H3/b23-15-. The van der Waals surface area contributed by atoms with Gasteiger partial charge in [0.25, 0.3) is 11.1 Å². The van der Waals surface area contributed by atoms with Gasteiger partial charge in [0.1, 0.15) is 18.1 Å². The Balaban J connectivity index is 1.46. The van der Waals surface area contributed by atoms with Crippen LogP contribution in [0.5, 0.6) is 11.5 Å². The molecule has 4 rings (SSSR count). The second-order valence-electron chi connectivity index (χ2n) is 7.03. The van der Waals surface area contributed by atoms with E-state index in [9.17, 15) is 9.59 Å². The summed E-state index contributed by atoms with van der Waals surface area (Å²) in [5.74, 6) is 0.847. The number of hydrogen-bond donors (Lipinski definition) is 0. The monoisotopic (exact) mass is 431 g/mol.